The first kappa shape index (κ1) is 13.2. The van der Waals surface area contributed by atoms with E-state index in [1.165, 1.54) is 0 Å². The summed E-state index contributed by atoms with van der Waals surface area (Å²) in [6.45, 7) is 6.60. The fourth-order valence-electron chi connectivity index (χ4n) is 2.85. The molecule has 1 saturated heterocycles. The predicted octanol–water partition coefficient (Wildman–Crippen LogP) is 1.74. The molecule has 5 nitrogen and oxygen atoms in total. The summed E-state index contributed by atoms with van der Waals surface area (Å²) >= 11 is 0. The van der Waals surface area contributed by atoms with Gasteiger partial charge in [-0.2, -0.15) is 0 Å². The first-order chi connectivity index (χ1) is 9.65. The molecular formula is C15H20N2O3. The van der Waals surface area contributed by atoms with Gasteiger partial charge in [0.05, 0.1) is 23.5 Å². The largest absolute Gasteiger partial charge is 0.489 e. The fourth-order valence-corrected chi connectivity index (χ4v) is 2.85. The van der Waals surface area contributed by atoms with Gasteiger partial charge in [-0.05, 0) is 26.0 Å². The van der Waals surface area contributed by atoms with Gasteiger partial charge >= 0.3 is 0 Å². The van der Waals surface area contributed by atoms with Crippen molar-refractivity contribution < 1.29 is 14.3 Å². The Labute approximate surface area is 118 Å². The molecule has 1 N–H and O–H groups in total. The molecule has 0 bridgehead atoms. The van der Waals surface area contributed by atoms with Crippen molar-refractivity contribution in [3.8, 4) is 5.75 Å². The molecule has 20 heavy (non-hydrogen) atoms. The molecule has 2 aliphatic heterocycles. The number of carbonyl (C=O) groups is 1. The Morgan fingerprint density at radius 1 is 1.30 bits per heavy atom. The third-order valence-electron chi connectivity index (χ3n) is 3.62. The number of fused-ring (bicyclic) bond motifs is 1. The van der Waals surface area contributed by atoms with Gasteiger partial charge in [-0.25, -0.2) is 0 Å². The molecule has 1 amide bonds. The highest BCUT2D eigenvalue weighted by Gasteiger charge is 2.29. The second-order valence-corrected chi connectivity index (χ2v) is 5.42. The van der Waals surface area contributed by atoms with E-state index in [0.29, 0.717) is 31.0 Å². The summed E-state index contributed by atoms with van der Waals surface area (Å²) in [6, 6.07) is 5.66. The maximum Gasteiger partial charge on any atom is 0.257 e. The molecule has 1 fully saturated rings. The Morgan fingerprint density at radius 3 is 2.80 bits per heavy atom. The minimum absolute atomic E-state index is 0.0209. The first-order valence-corrected chi connectivity index (χ1v) is 7.09. The maximum absolute atomic E-state index is 12.7. The van der Waals surface area contributed by atoms with Gasteiger partial charge in [0.2, 0.25) is 0 Å². The van der Waals surface area contributed by atoms with Crippen molar-refractivity contribution in [3.05, 3.63) is 23.8 Å². The maximum atomic E-state index is 12.7. The van der Waals surface area contributed by atoms with Gasteiger partial charge < -0.3 is 19.7 Å². The number of ether oxygens (including phenoxy) is 2. The van der Waals surface area contributed by atoms with Crippen molar-refractivity contribution in [2.24, 2.45) is 0 Å². The average molecular weight is 276 g/mol. The second kappa shape index (κ2) is 5.32. The highest BCUT2D eigenvalue weighted by molar-refractivity contribution is 5.99. The van der Waals surface area contributed by atoms with Crippen LogP contribution in [0.2, 0.25) is 0 Å². The summed E-state index contributed by atoms with van der Waals surface area (Å²) < 4.78 is 11.4. The minimum Gasteiger partial charge on any atom is -0.489 e. The van der Waals surface area contributed by atoms with Crippen molar-refractivity contribution in [1.29, 1.82) is 0 Å². The lowest BCUT2D eigenvalue weighted by molar-refractivity contribution is -0.0586. The number of anilines is 1. The topological polar surface area (TPSA) is 50.8 Å². The SMILES string of the molecule is C[C@@H]1CN(C(=O)c2cccc3c2OCCN3)C[C@H](C)O1. The van der Waals surface area contributed by atoms with Gasteiger partial charge in [-0.15, -0.1) is 0 Å². The summed E-state index contributed by atoms with van der Waals surface area (Å²) in [5, 5.41) is 3.26. The van der Waals surface area contributed by atoms with Crippen molar-refractivity contribution in [2.45, 2.75) is 26.1 Å². The zero-order valence-electron chi connectivity index (χ0n) is 11.9. The van der Waals surface area contributed by atoms with E-state index in [1.807, 2.05) is 36.9 Å². The normalized spacial score (nSPS) is 25.4. The van der Waals surface area contributed by atoms with Gasteiger partial charge in [-0.3, -0.25) is 4.79 Å². The van der Waals surface area contributed by atoms with Crippen LogP contribution in [0, 0.1) is 0 Å². The lowest BCUT2D eigenvalue weighted by atomic mass is 10.1. The predicted molar refractivity (Wildman–Crippen MR) is 76.3 cm³/mol. The van der Waals surface area contributed by atoms with E-state index < -0.39 is 0 Å². The number of hydrogen-bond donors (Lipinski definition) is 1. The smallest absolute Gasteiger partial charge is 0.257 e. The monoisotopic (exact) mass is 276 g/mol. The number of hydrogen-bond acceptors (Lipinski definition) is 4. The van der Waals surface area contributed by atoms with Crippen molar-refractivity contribution in [2.75, 3.05) is 31.6 Å². The van der Waals surface area contributed by atoms with Gasteiger partial charge in [0, 0.05) is 19.6 Å². The lowest BCUT2D eigenvalue weighted by Gasteiger charge is -2.35. The van der Waals surface area contributed by atoms with Gasteiger partial charge in [0.25, 0.3) is 5.91 Å². The van der Waals surface area contributed by atoms with E-state index in [9.17, 15) is 4.79 Å². The van der Waals surface area contributed by atoms with Crippen LogP contribution in [0.15, 0.2) is 18.2 Å². The molecule has 2 aliphatic rings. The fraction of sp³-hybridized carbons (Fsp3) is 0.533. The van der Waals surface area contributed by atoms with Crippen molar-refractivity contribution in [1.82, 2.24) is 4.90 Å². The Balaban J connectivity index is 1.87. The standard InChI is InChI=1S/C15H20N2O3/c1-10-8-17(9-11(2)20-10)15(18)12-4-3-5-13-14(12)19-7-6-16-13/h3-5,10-11,16H,6-9H2,1-2H3/t10-,11+. The van der Waals surface area contributed by atoms with Gasteiger partial charge in [0.1, 0.15) is 6.61 Å². The average Bonchev–Trinajstić information content (AvgIpc) is 2.45. The number of carbonyl (C=O) groups excluding carboxylic acids is 1. The van der Waals surface area contributed by atoms with E-state index in [0.717, 1.165) is 12.2 Å². The quantitative estimate of drug-likeness (QED) is 0.849. The van der Waals surface area contributed by atoms with Crippen LogP contribution < -0.4 is 10.1 Å². The van der Waals surface area contributed by atoms with E-state index in [1.54, 1.807) is 0 Å². The number of amides is 1. The minimum atomic E-state index is 0.0209. The number of para-hydroxylation sites is 1. The highest BCUT2D eigenvalue weighted by atomic mass is 16.5. The molecule has 3 rings (SSSR count). The van der Waals surface area contributed by atoms with Crippen LogP contribution in [0.25, 0.3) is 0 Å². The van der Waals surface area contributed by atoms with Gasteiger partial charge in [-0.1, -0.05) is 6.07 Å². The van der Waals surface area contributed by atoms with Crippen molar-refractivity contribution in [3.63, 3.8) is 0 Å². The summed E-state index contributed by atoms with van der Waals surface area (Å²) in [7, 11) is 0. The molecule has 2 heterocycles. The zero-order valence-corrected chi connectivity index (χ0v) is 11.9. The second-order valence-electron chi connectivity index (χ2n) is 5.42. The third-order valence-corrected chi connectivity index (χ3v) is 3.62. The number of benzene rings is 1. The van der Waals surface area contributed by atoms with E-state index >= 15 is 0 Å². The summed E-state index contributed by atoms with van der Waals surface area (Å²) in [4.78, 5) is 14.6. The van der Waals surface area contributed by atoms with E-state index in [4.69, 9.17) is 9.47 Å². The molecule has 0 unspecified atom stereocenters. The van der Waals surface area contributed by atoms with Crippen molar-refractivity contribution >= 4 is 11.6 Å². The zero-order chi connectivity index (χ0) is 14.1. The van der Waals surface area contributed by atoms with Gasteiger partial charge in [0.15, 0.2) is 5.75 Å². The van der Waals surface area contributed by atoms with E-state index in [-0.39, 0.29) is 18.1 Å². The number of nitrogens with one attached hydrogen (secondary N) is 1. The molecule has 0 saturated carbocycles. The van der Waals surface area contributed by atoms with Crippen LogP contribution >= 0.6 is 0 Å². The van der Waals surface area contributed by atoms with Crippen LogP contribution in [0.5, 0.6) is 5.75 Å². The molecule has 0 radical (unpaired) electrons. The molecule has 0 aliphatic carbocycles. The molecular weight excluding hydrogens is 256 g/mol. The summed E-state index contributed by atoms with van der Waals surface area (Å²) in [5.41, 5.74) is 1.53. The Kier molecular flexibility index (Phi) is 3.53. The third kappa shape index (κ3) is 2.45. The Hall–Kier alpha value is -1.75. The highest BCUT2D eigenvalue weighted by Crippen LogP contribution is 2.32. The van der Waals surface area contributed by atoms with Crippen LogP contribution in [-0.4, -0.2) is 49.3 Å². The number of nitrogens with zero attached hydrogens (tertiary/aromatic N) is 1. The van der Waals surface area contributed by atoms with E-state index in [2.05, 4.69) is 5.32 Å². The Bertz CT molecular complexity index is 508. The molecule has 1 aromatic carbocycles. The molecule has 108 valence electrons. The Morgan fingerprint density at radius 2 is 2.05 bits per heavy atom. The van der Waals surface area contributed by atoms with Crippen LogP contribution in [0.3, 0.4) is 0 Å². The molecule has 0 spiro atoms. The first-order valence-electron chi connectivity index (χ1n) is 7.09. The number of rotatable bonds is 1. The van der Waals surface area contributed by atoms with Crippen LogP contribution in [0.1, 0.15) is 24.2 Å². The number of morpholine rings is 1. The summed E-state index contributed by atoms with van der Waals surface area (Å²) in [6.07, 6.45) is 0.141. The molecule has 0 aromatic heterocycles. The molecule has 1 aromatic rings. The summed E-state index contributed by atoms with van der Waals surface area (Å²) in [5.74, 6) is 0.697. The lowest BCUT2D eigenvalue weighted by Crippen LogP contribution is -2.48. The molecule has 2 atom stereocenters. The molecule has 5 heteroatoms. The van der Waals surface area contributed by atoms with Crippen LogP contribution in [-0.2, 0) is 4.74 Å². The van der Waals surface area contributed by atoms with Crippen LogP contribution in [0.4, 0.5) is 5.69 Å².